The largest absolute Gasteiger partial charge is 0.491 e. The van der Waals surface area contributed by atoms with Crippen LogP contribution in [0.15, 0.2) is 91.4 Å². The average molecular weight is 1640 g/mol. The Balaban J connectivity index is 0.000000138. The molecule has 12 aliphatic rings. The lowest BCUT2D eigenvalue weighted by molar-refractivity contribution is -0.141. The first-order valence-electron chi connectivity index (χ1n) is 38.1. The Morgan fingerprint density at radius 1 is 0.474 bits per heavy atom. The van der Waals surface area contributed by atoms with Crippen LogP contribution in [0.25, 0.3) is 0 Å². The highest BCUT2D eigenvalue weighted by molar-refractivity contribution is 6.07. The van der Waals surface area contributed by atoms with E-state index < -0.39 is 88.6 Å². The fourth-order valence-electron chi connectivity index (χ4n) is 15.0. The summed E-state index contributed by atoms with van der Waals surface area (Å²) in [5, 5.41) is 17.8. The summed E-state index contributed by atoms with van der Waals surface area (Å²) in [5.74, 6) is -10.4. The number of carbonyl (C=O) groups is 6. The van der Waals surface area contributed by atoms with Crippen LogP contribution in [0.1, 0.15) is 124 Å². The number of nitrogens with zero attached hydrogens (tertiary/aromatic N) is 12. The summed E-state index contributed by atoms with van der Waals surface area (Å²) in [6.07, 6.45) is 5.06. The molecule has 9 fully saturated rings. The number of hydrogen-bond donors (Lipinski definition) is 5. The van der Waals surface area contributed by atoms with Crippen LogP contribution >= 0.6 is 12.4 Å². The van der Waals surface area contributed by atoms with Crippen molar-refractivity contribution in [2.24, 2.45) is 17.6 Å². The van der Waals surface area contributed by atoms with Crippen molar-refractivity contribution in [3.05, 3.63) is 108 Å². The monoisotopic (exact) mass is 1640 g/mol. The number of nitrogens with one attached hydrogen (secondary N) is 3. The van der Waals surface area contributed by atoms with Gasteiger partial charge in [0.2, 0.25) is 0 Å². The maximum Gasteiger partial charge on any atom is 0.354 e. The van der Waals surface area contributed by atoms with E-state index >= 15 is 0 Å². The maximum atomic E-state index is 13.5. The van der Waals surface area contributed by atoms with Gasteiger partial charge in [0.05, 0.1) is 61.1 Å². The molecule has 18 rings (SSSR count). The molecule has 116 heavy (non-hydrogen) atoms. The van der Waals surface area contributed by atoms with Crippen molar-refractivity contribution in [1.29, 1.82) is 0 Å². The number of carboxylic acids is 1. The number of anilines is 9. The van der Waals surface area contributed by atoms with E-state index in [4.69, 9.17) is 48.4 Å². The van der Waals surface area contributed by atoms with E-state index in [1.54, 1.807) is 82.7 Å². The highest BCUT2D eigenvalue weighted by atomic mass is 35.5. The minimum Gasteiger partial charge on any atom is -0.491 e. The van der Waals surface area contributed by atoms with Gasteiger partial charge in [-0.2, -0.15) is 0 Å². The van der Waals surface area contributed by atoms with E-state index in [1.807, 2.05) is 41.5 Å². The Kier molecular flexibility index (Phi) is 23.0. The first kappa shape index (κ1) is 82.4. The third-order valence-corrected chi connectivity index (χ3v) is 21.4. The van der Waals surface area contributed by atoms with E-state index in [1.165, 1.54) is 23.4 Å². The molecule has 0 spiro atoms. The number of ketones is 2. The molecule has 0 aromatic carbocycles. The third-order valence-electron chi connectivity index (χ3n) is 21.4. The molecule has 6 saturated heterocycles. The number of halogens is 7. The fourth-order valence-corrected chi connectivity index (χ4v) is 15.0. The molecule has 0 radical (unpaired) electrons. The van der Waals surface area contributed by atoms with Crippen molar-refractivity contribution in [2.75, 3.05) is 124 Å². The Morgan fingerprint density at radius 2 is 0.767 bits per heavy atom. The second-order valence-corrected chi connectivity index (χ2v) is 31.6. The lowest BCUT2D eigenvalue weighted by atomic mass is 10.1. The van der Waals surface area contributed by atoms with Crippen molar-refractivity contribution in [3.63, 3.8) is 0 Å². The standard InChI is InChI=1S/2C26H29F2N5O5.C22H25N5O6.C3H5F2N.ClH/c2*1-25(2)37-14-18(38-25)13-36-17-5-7-29-22(10-17)31-24(35)33-16-6-8-32(12-16)20-4-3-19(30-23(20)33)21(34)9-15-11-26(15,27)28;1-22(2)32-12-15(33-22)11-31-14-5-7-23-18(9-14)25-21(30)27-13-6-8-26(10-13)17-4-3-16(20(28)29)24-19(17)27;4-3(5)1-2(3)6;/h2*3-5,7,10,15-16,18H,6,8-9,11-14H2,1-2H3,(H,29,31,35);3-5,7,9,13,15H,6,8,10-12H2,1-2H3,(H,28,29)(H,23,25,30);2H,1,6H2;1H/t2*15?,16-,18-;13-,15-;;/m000../s1. The molecular weight excluding hydrogens is 1550 g/mol. The average Bonchev–Trinajstić information content (AvgIpc) is 1.59. The van der Waals surface area contributed by atoms with Gasteiger partial charge in [-0.1, -0.05) is 0 Å². The van der Waals surface area contributed by atoms with E-state index in [9.17, 15) is 60.2 Å². The molecule has 6 amide bonds. The van der Waals surface area contributed by atoms with Crippen molar-refractivity contribution in [2.45, 2.75) is 171 Å². The van der Waals surface area contributed by atoms with Crippen LogP contribution < -0.4 is 65.3 Å². The van der Waals surface area contributed by atoms with Gasteiger partial charge in [-0.3, -0.25) is 40.2 Å². The number of alkyl halides is 6. The molecule has 622 valence electrons. The van der Waals surface area contributed by atoms with Crippen LogP contribution in [0.2, 0.25) is 0 Å². The quantitative estimate of drug-likeness (QED) is 0.0371. The van der Waals surface area contributed by atoms with E-state index in [2.05, 4.69) is 60.6 Å². The normalized spacial score (nSPS) is 25.6. The van der Waals surface area contributed by atoms with Crippen LogP contribution in [-0.2, 0) is 28.4 Å². The minimum atomic E-state index is -2.78. The molecule has 6 N–H and O–H groups in total. The number of carbonyl (C=O) groups excluding carboxylic acids is 5. The predicted molar refractivity (Wildman–Crippen MR) is 409 cm³/mol. The zero-order valence-corrected chi connectivity index (χ0v) is 65.0. The van der Waals surface area contributed by atoms with Crippen LogP contribution in [0.5, 0.6) is 17.2 Å². The lowest BCUT2D eigenvalue weighted by Gasteiger charge is -2.35. The van der Waals surface area contributed by atoms with E-state index in [-0.39, 0.29) is 111 Å². The Hall–Kier alpha value is -10.1. The van der Waals surface area contributed by atoms with Gasteiger partial charge in [0.1, 0.15) is 84.2 Å². The number of nitrogens with two attached hydrogens (primary N) is 1. The smallest absolute Gasteiger partial charge is 0.354 e. The zero-order chi connectivity index (χ0) is 81.3. The molecule has 6 aromatic rings. The van der Waals surface area contributed by atoms with Crippen molar-refractivity contribution < 1.29 is 103 Å². The van der Waals surface area contributed by atoms with Gasteiger partial charge in [0.25, 0.3) is 17.8 Å². The number of aromatic carboxylic acids is 1. The first-order valence-corrected chi connectivity index (χ1v) is 38.1. The molecular formula is C77H89ClF6N16O16. The second kappa shape index (κ2) is 32.4. The van der Waals surface area contributed by atoms with Gasteiger partial charge in [-0.05, 0) is 115 Å². The van der Waals surface area contributed by atoms with Gasteiger partial charge >= 0.3 is 24.1 Å². The molecule has 9 atom stereocenters. The SMILES string of the molecule is CC1(C)OC[C@H](COc2ccnc(NC(=O)N3c4nc(C(=O)CC5CC5(F)F)ccc4N4CC[C@H]3C4)c2)O1.CC1(C)OC[C@H](COc2ccnc(NC(=O)N3c4nc(C(=O)CC5CC5(F)F)ccc4N4CC[C@H]3C4)c2)O1.CC1(C)OC[C@H](COc2ccnc(NC(=O)N3c4nc(C(=O)O)ccc4N4CC[C@H]3C4)c2)O1.Cl.NC1CC1(F)F. The van der Waals surface area contributed by atoms with Crippen LogP contribution in [0.4, 0.5) is 92.7 Å². The number of pyridine rings is 6. The van der Waals surface area contributed by atoms with Gasteiger partial charge in [-0.25, -0.2) is 75.4 Å². The maximum absolute atomic E-state index is 13.5. The molecule has 32 nitrogen and oxygen atoms in total. The number of rotatable bonds is 19. The molecule has 3 unspecified atom stereocenters. The van der Waals surface area contributed by atoms with Crippen molar-refractivity contribution in [1.82, 2.24) is 29.9 Å². The summed E-state index contributed by atoms with van der Waals surface area (Å²) >= 11 is 0. The number of ether oxygens (including phenoxy) is 9. The molecule has 3 aliphatic carbocycles. The summed E-state index contributed by atoms with van der Waals surface area (Å²) in [4.78, 5) is 114. The molecule has 6 aromatic heterocycles. The van der Waals surface area contributed by atoms with E-state index in [0.717, 1.165) is 56.0 Å². The number of hydrogen-bond acceptors (Lipinski definition) is 25. The lowest BCUT2D eigenvalue weighted by Crippen LogP contribution is -2.48. The topological polar surface area (TPSA) is 365 Å². The van der Waals surface area contributed by atoms with Crippen LogP contribution in [0.3, 0.4) is 0 Å². The number of urea groups is 3. The van der Waals surface area contributed by atoms with Crippen LogP contribution in [-0.4, -0.2) is 227 Å². The highest BCUT2D eigenvalue weighted by Gasteiger charge is 2.59. The number of aromatic nitrogens is 6. The number of amides is 6. The third kappa shape index (κ3) is 19.0. The fraction of sp³-hybridized carbons (Fsp3) is 0.532. The summed E-state index contributed by atoms with van der Waals surface area (Å²) in [6, 6.07) is 17.2. The Morgan fingerprint density at radius 3 is 1.03 bits per heavy atom. The number of fused-ring (bicyclic) bond motifs is 12. The van der Waals surface area contributed by atoms with Gasteiger partial charge in [-0.15, -0.1) is 12.4 Å². The van der Waals surface area contributed by atoms with Crippen LogP contribution in [0, 0.1) is 11.8 Å². The number of Topliss-reactive ketones (excluding diaryl/α,β-unsaturated/α-hetero) is 2. The molecule has 9 aliphatic heterocycles. The van der Waals surface area contributed by atoms with Gasteiger partial charge < -0.3 is 68.2 Å². The molecule has 6 bridgehead atoms. The summed E-state index contributed by atoms with van der Waals surface area (Å²) in [6.45, 7) is 17.5. The minimum absolute atomic E-state index is 0. The van der Waals surface area contributed by atoms with E-state index in [0.29, 0.717) is 98.2 Å². The summed E-state index contributed by atoms with van der Waals surface area (Å²) in [5.41, 5.74) is 7.02. The highest BCUT2D eigenvalue weighted by Crippen LogP contribution is 2.53. The Labute approximate surface area is 668 Å². The second-order valence-electron chi connectivity index (χ2n) is 31.6. The first-order chi connectivity index (χ1) is 54.6. The van der Waals surface area contributed by atoms with Gasteiger partial charge in [0.15, 0.2) is 52.1 Å². The van der Waals surface area contributed by atoms with Gasteiger partial charge in [0, 0.05) is 120 Å². The predicted octanol–water partition coefficient (Wildman–Crippen LogP) is 10.8. The number of carboxylic acid groups (broad SMARTS) is 1. The zero-order valence-electron chi connectivity index (χ0n) is 64.2. The Bertz CT molecular complexity index is 4540. The summed E-state index contributed by atoms with van der Waals surface area (Å²) in [7, 11) is 0. The molecule has 39 heteroatoms. The molecule has 15 heterocycles. The van der Waals surface area contributed by atoms with Crippen molar-refractivity contribution >= 4 is 100 Å². The molecule has 3 saturated carbocycles. The summed E-state index contributed by atoms with van der Waals surface area (Å²) < 4.78 is 128. The van der Waals surface area contributed by atoms with Crippen molar-refractivity contribution in [3.8, 4) is 17.2 Å².